The molecule has 14 heavy (non-hydrogen) atoms. The van der Waals surface area contributed by atoms with Gasteiger partial charge in [-0.15, -0.1) is 0 Å². The van der Waals surface area contributed by atoms with Crippen molar-refractivity contribution in [1.29, 1.82) is 0 Å². The van der Waals surface area contributed by atoms with Crippen molar-refractivity contribution < 1.29 is 9.90 Å². The highest BCUT2D eigenvalue weighted by Gasteiger charge is 2.19. The molecule has 2 rings (SSSR count). The van der Waals surface area contributed by atoms with Crippen LogP contribution in [-0.4, -0.2) is 22.6 Å². The van der Waals surface area contributed by atoms with Crippen LogP contribution >= 0.6 is 11.6 Å². The van der Waals surface area contributed by atoms with Gasteiger partial charge in [0, 0.05) is 12.7 Å². The highest BCUT2D eigenvalue weighted by molar-refractivity contribution is 6.34. The number of aromatic carboxylic acids is 1. The van der Waals surface area contributed by atoms with Gasteiger partial charge in [-0.3, -0.25) is 4.98 Å². The first kappa shape index (κ1) is 9.43. The van der Waals surface area contributed by atoms with E-state index in [9.17, 15) is 4.79 Å². The van der Waals surface area contributed by atoms with Gasteiger partial charge in [0.05, 0.1) is 16.3 Å². The lowest BCUT2D eigenvalue weighted by Gasteiger charge is -2.17. The summed E-state index contributed by atoms with van der Waals surface area (Å²) in [6.45, 7) is 1.48. The van der Waals surface area contributed by atoms with Crippen LogP contribution in [0.2, 0.25) is 5.02 Å². The molecule has 1 aromatic rings. The zero-order valence-corrected chi connectivity index (χ0v) is 8.14. The number of carboxylic acid groups (broad SMARTS) is 1. The summed E-state index contributed by atoms with van der Waals surface area (Å²) in [5.41, 5.74) is 1.81. The minimum Gasteiger partial charge on any atom is -0.478 e. The van der Waals surface area contributed by atoms with E-state index < -0.39 is 5.97 Å². The predicted octanol–water partition coefficient (Wildman–Crippen LogP) is 1.08. The molecule has 2 N–H and O–H groups in total. The first-order chi connectivity index (χ1) is 6.70. The number of rotatable bonds is 1. The molecule has 0 saturated carbocycles. The van der Waals surface area contributed by atoms with Crippen molar-refractivity contribution >= 4 is 17.6 Å². The van der Waals surface area contributed by atoms with Crippen molar-refractivity contribution in [2.75, 3.05) is 6.54 Å². The van der Waals surface area contributed by atoms with Crippen molar-refractivity contribution in [1.82, 2.24) is 10.3 Å². The van der Waals surface area contributed by atoms with Gasteiger partial charge in [0.2, 0.25) is 0 Å². The van der Waals surface area contributed by atoms with E-state index in [-0.39, 0.29) is 5.56 Å². The zero-order valence-electron chi connectivity index (χ0n) is 7.38. The Kier molecular flexibility index (Phi) is 2.39. The Balaban J connectivity index is 2.54. The molecular weight excluding hydrogens is 204 g/mol. The molecule has 0 unspecified atom stereocenters. The predicted molar refractivity (Wildman–Crippen MR) is 51.6 cm³/mol. The number of halogens is 1. The first-order valence-electron chi connectivity index (χ1n) is 4.30. The van der Waals surface area contributed by atoms with E-state index in [1.54, 1.807) is 0 Å². The molecule has 0 bridgehead atoms. The lowest BCUT2D eigenvalue weighted by molar-refractivity contribution is 0.0696. The Bertz CT molecular complexity index is 393. The third kappa shape index (κ3) is 1.47. The Morgan fingerprint density at radius 1 is 1.64 bits per heavy atom. The van der Waals surface area contributed by atoms with Crippen molar-refractivity contribution in [3.63, 3.8) is 0 Å². The minimum absolute atomic E-state index is 0.0901. The Morgan fingerprint density at radius 2 is 2.43 bits per heavy atom. The van der Waals surface area contributed by atoms with Crippen molar-refractivity contribution in [2.24, 2.45) is 0 Å². The smallest absolute Gasteiger partial charge is 0.338 e. The molecule has 2 heterocycles. The minimum atomic E-state index is -1.02. The molecule has 0 fully saturated rings. The van der Waals surface area contributed by atoms with Crippen LogP contribution in [0.5, 0.6) is 0 Å². The molecule has 1 aromatic heterocycles. The summed E-state index contributed by atoms with van der Waals surface area (Å²) < 4.78 is 0. The average molecular weight is 213 g/mol. The molecule has 5 heteroatoms. The third-order valence-corrected chi connectivity index (χ3v) is 2.71. The van der Waals surface area contributed by atoms with E-state index in [0.29, 0.717) is 11.6 Å². The van der Waals surface area contributed by atoms with E-state index in [1.807, 2.05) is 0 Å². The van der Waals surface area contributed by atoms with Crippen LogP contribution in [0.1, 0.15) is 21.6 Å². The molecule has 0 aliphatic carbocycles. The maximum absolute atomic E-state index is 10.8. The molecule has 0 atom stereocenters. The fraction of sp³-hybridized carbons (Fsp3) is 0.333. The van der Waals surface area contributed by atoms with Gasteiger partial charge in [-0.05, 0) is 18.5 Å². The maximum Gasteiger partial charge on any atom is 0.338 e. The number of aromatic nitrogens is 1. The number of hydrogen-bond donors (Lipinski definition) is 2. The topological polar surface area (TPSA) is 62.2 Å². The standard InChI is InChI=1S/C9H9ClN2O2/c10-8-5-1-2-11-4-7(5)12-3-6(8)9(13)14/h3,11H,1-2,4H2,(H,13,14). The number of nitrogens with one attached hydrogen (secondary N) is 1. The van der Waals surface area contributed by atoms with E-state index in [2.05, 4.69) is 10.3 Å². The number of pyridine rings is 1. The second kappa shape index (κ2) is 3.55. The number of fused-ring (bicyclic) bond motifs is 1. The molecule has 0 spiro atoms. The summed E-state index contributed by atoms with van der Waals surface area (Å²) in [5, 5.41) is 12.3. The highest BCUT2D eigenvalue weighted by atomic mass is 35.5. The van der Waals surface area contributed by atoms with Crippen LogP contribution in [0.4, 0.5) is 0 Å². The van der Waals surface area contributed by atoms with E-state index in [1.165, 1.54) is 6.20 Å². The third-order valence-electron chi connectivity index (χ3n) is 2.27. The number of carboxylic acids is 1. The number of hydrogen-bond acceptors (Lipinski definition) is 3. The summed E-state index contributed by atoms with van der Waals surface area (Å²) in [4.78, 5) is 14.8. The van der Waals surface area contributed by atoms with E-state index in [0.717, 1.165) is 24.2 Å². The summed E-state index contributed by atoms with van der Waals surface area (Å²) in [5.74, 6) is -1.02. The lowest BCUT2D eigenvalue weighted by atomic mass is 10.0. The molecule has 74 valence electrons. The summed E-state index contributed by atoms with van der Waals surface area (Å²) >= 11 is 5.97. The Morgan fingerprint density at radius 3 is 3.14 bits per heavy atom. The van der Waals surface area contributed by atoms with Gasteiger partial charge in [-0.2, -0.15) is 0 Å². The second-order valence-corrected chi connectivity index (χ2v) is 3.52. The molecule has 0 radical (unpaired) electrons. The van der Waals surface area contributed by atoms with Crippen LogP contribution in [0.3, 0.4) is 0 Å². The van der Waals surface area contributed by atoms with Gasteiger partial charge in [-0.25, -0.2) is 4.79 Å². The molecule has 0 aromatic carbocycles. The lowest BCUT2D eigenvalue weighted by Crippen LogP contribution is -2.25. The van der Waals surface area contributed by atoms with Gasteiger partial charge < -0.3 is 10.4 Å². The Labute approximate surface area is 85.9 Å². The first-order valence-corrected chi connectivity index (χ1v) is 4.68. The Hall–Kier alpha value is -1.13. The van der Waals surface area contributed by atoms with E-state index >= 15 is 0 Å². The largest absolute Gasteiger partial charge is 0.478 e. The normalized spacial score (nSPS) is 14.9. The van der Waals surface area contributed by atoms with Gasteiger partial charge in [0.1, 0.15) is 0 Å². The second-order valence-electron chi connectivity index (χ2n) is 3.14. The van der Waals surface area contributed by atoms with Crippen LogP contribution in [-0.2, 0) is 13.0 Å². The van der Waals surface area contributed by atoms with Crippen LogP contribution in [0, 0.1) is 0 Å². The van der Waals surface area contributed by atoms with Crippen LogP contribution in [0.25, 0.3) is 0 Å². The van der Waals surface area contributed by atoms with Crippen molar-refractivity contribution in [3.8, 4) is 0 Å². The SMILES string of the molecule is O=C(O)c1cnc2c(c1Cl)CCNC2. The highest BCUT2D eigenvalue weighted by Crippen LogP contribution is 2.25. The van der Waals surface area contributed by atoms with E-state index in [4.69, 9.17) is 16.7 Å². The fourth-order valence-electron chi connectivity index (χ4n) is 1.54. The van der Waals surface area contributed by atoms with Gasteiger partial charge in [0.25, 0.3) is 0 Å². The molecule has 4 nitrogen and oxygen atoms in total. The molecule has 0 saturated heterocycles. The van der Waals surface area contributed by atoms with Gasteiger partial charge in [0.15, 0.2) is 0 Å². The monoisotopic (exact) mass is 212 g/mol. The van der Waals surface area contributed by atoms with Crippen molar-refractivity contribution in [3.05, 3.63) is 28.0 Å². The van der Waals surface area contributed by atoms with Crippen molar-refractivity contribution in [2.45, 2.75) is 13.0 Å². The van der Waals surface area contributed by atoms with Crippen LogP contribution in [0.15, 0.2) is 6.20 Å². The fourth-order valence-corrected chi connectivity index (χ4v) is 1.88. The van der Waals surface area contributed by atoms with Gasteiger partial charge in [-0.1, -0.05) is 11.6 Å². The zero-order chi connectivity index (χ0) is 10.1. The summed E-state index contributed by atoms with van der Waals surface area (Å²) in [6.07, 6.45) is 2.05. The molecule has 1 aliphatic heterocycles. The summed E-state index contributed by atoms with van der Waals surface area (Å²) in [6, 6.07) is 0. The van der Waals surface area contributed by atoms with Crippen LogP contribution < -0.4 is 5.32 Å². The molecule has 0 amide bonds. The maximum atomic E-state index is 10.8. The van der Waals surface area contributed by atoms with Gasteiger partial charge >= 0.3 is 5.97 Å². The molecular formula is C9H9ClN2O2. The summed E-state index contributed by atoms with van der Waals surface area (Å²) in [7, 11) is 0. The average Bonchev–Trinajstić information content (AvgIpc) is 2.18. The quantitative estimate of drug-likeness (QED) is 0.731. The number of carbonyl (C=O) groups is 1. The molecule has 1 aliphatic rings. The number of nitrogens with zero attached hydrogens (tertiary/aromatic N) is 1.